The second-order valence-corrected chi connectivity index (χ2v) is 8.63. The lowest BCUT2D eigenvalue weighted by Gasteiger charge is -2.35. The number of methoxy groups -OCH3 is 2. The molecule has 2 aromatic rings. The Bertz CT molecular complexity index is 1090. The standard InChI is InChI=1S/C24H26N2O5/c1-24(2)11-18-21(19(27)12-24)22(15-10-14(30-3)6-8-20(15)31-4)26-16-7-5-13(23(28)29)9-17(16)25-18/h5-11,21-22,25-26H,12H2,1-4H3,(H,28,29)/t21-,22-/m1/s1. The Morgan fingerprint density at radius 2 is 1.87 bits per heavy atom. The fourth-order valence-electron chi connectivity index (χ4n) is 4.43. The smallest absolute Gasteiger partial charge is 0.335 e. The third kappa shape index (κ3) is 3.83. The lowest BCUT2D eigenvalue weighted by Crippen LogP contribution is -2.36. The Balaban J connectivity index is 1.92. The molecule has 31 heavy (non-hydrogen) atoms. The average Bonchev–Trinajstić information content (AvgIpc) is 2.87. The molecule has 0 bridgehead atoms. The van der Waals surface area contributed by atoms with Gasteiger partial charge in [-0.25, -0.2) is 4.79 Å². The van der Waals surface area contributed by atoms with Crippen molar-refractivity contribution in [2.45, 2.75) is 26.3 Å². The van der Waals surface area contributed by atoms with Crippen LogP contribution in [0.25, 0.3) is 0 Å². The van der Waals surface area contributed by atoms with Crippen LogP contribution in [0.15, 0.2) is 48.2 Å². The molecule has 0 saturated heterocycles. The van der Waals surface area contributed by atoms with Gasteiger partial charge in [-0.05, 0) is 41.8 Å². The highest BCUT2D eigenvalue weighted by molar-refractivity contribution is 5.93. The van der Waals surface area contributed by atoms with Crippen LogP contribution in [0.2, 0.25) is 0 Å². The number of ether oxygens (including phenoxy) is 2. The first kappa shape index (κ1) is 20.8. The van der Waals surface area contributed by atoms with Gasteiger partial charge >= 0.3 is 5.97 Å². The number of rotatable bonds is 4. The summed E-state index contributed by atoms with van der Waals surface area (Å²) in [4.78, 5) is 24.9. The number of hydrogen-bond donors (Lipinski definition) is 3. The topological polar surface area (TPSA) is 96.9 Å². The van der Waals surface area contributed by atoms with Crippen molar-refractivity contribution in [2.24, 2.45) is 11.3 Å². The number of carbonyl (C=O) groups excluding carboxylic acids is 1. The van der Waals surface area contributed by atoms with E-state index in [2.05, 4.69) is 16.7 Å². The van der Waals surface area contributed by atoms with Crippen molar-refractivity contribution < 1.29 is 24.2 Å². The van der Waals surface area contributed by atoms with Gasteiger partial charge in [-0.2, -0.15) is 0 Å². The van der Waals surface area contributed by atoms with Crippen molar-refractivity contribution in [2.75, 3.05) is 24.9 Å². The van der Waals surface area contributed by atoms with E-state index >= 15 is 0 Å². The van der Waals surface area contributed by atoms with Gasteiger partial charge in [0.15, 0.2) is 0 Å². The molecular formula is C24H26N2O5. The van der Waals surface area contributed by atoms with Crippen LogP contribution < -0.4 is 20.1 Å². The fraction of sp³-hybridized carbons (Fsp3) is 0.333. The summed E-state index contributed by atoms with van der Waals surface area (Å²) in [6, 6.07) is 9.93. The molecule has 2 aromatic carbocycles. The third-order valence-corrected chi connectivity index (χ3v) is 5.82. The maximum absolute atomic E-state index is 13.4. The van der Waals surface area contributed by atoms with Crippen molar-refractivity contribution in [1.82, 2.24) is 0 Å². The van der Waals surface area contributed by atoms with Crippen molar-refractivity contribution >= 4 is 23.1 Å². The van der Waals surface area contributed by atoms with E-state index < -0.39 is 17.9 Å². The van der Waals surface area contributed by atoms with Crippen molar-refractivity contribution in [3.63, 3.8) is 0 Å². The Morgan fingerprint density at radius 3 is 2.55 bits per heavy atom. The number of fused-ring (bicyclic) bond motifs is 2. The molecule has 3 N–H and O–H groups in total. The van der Waals surface area contributed by atoms with Crippen molar-refractivity contribution in [3.8, 4) is 11.5 Å². The molecule has 7 nitrogen and oxygen atoms in total. The predicted octanol–water partition coefficient (Wildman–Crippen LogP) is 4.48. The lowest BCUT2D eigenvalue weighted by atomic mass is 9.72. The zero-order chi connectivity index (χ0) is 22.3. The minimum Gasteiger partial charge on any atom is -0.497 e. The predicted molar refractivity (Wildman–Crippen MR) is 118 cm³/mol. The van der Waals surface area contributed by atoms with Crippen molar-refractivity contribution in [3.05, 3.63) is 59.3 Å². The van der Waals surface area contributed by atoms with Gasteiger partial charge in [0.2, 0.25) is 0 Å². The Hall–Kier alpha value is -3.48. The molecule has 2 aliphatic rings. The van der Waals surface area contributed by atoms with Crippen molar-refractivity contribution in [1.29, 1.82) is 0 Å². The monoisotopic (exact) mass is 422 g/mol. The van der Waals surface area contributed by atoms with Crippen LogP contribution in [-0.2, 0) is 4.79 Å². The van der Waals surface area contributed by atoms with E-state index in [0.717, 1.165) is 11.3 Å². The van der Waals surface area contributed by atoms with Gasteiger partial charge in [0.05, 0.1) is 43.1 Å². The van der Waals surface area contributed by atoms with Crippen LogP contribution in [0, 0.1) is 11.3 Å². The summed E-state index contributed by atoms with van der Waals surface area (Å²) in [5, 5.41) is 16.2. The summed E-state index contributed by atoms with van der Waals surface area (Å²) >= 11 is 0. The molecule has 0 radical (unpaired) electrons. The zero-order valence-corrected chi connectivity index (χ0v) is 18.0. The van der Waals surface area contributed by atoms with Gasteiger partial charge < -0.3 is 25.2 Å². The molecule has 2 atom stereocenters. The highest BCUT2D eigenvalue weighted by atomic mass is 16.5. The second kappa shape index (κ2) is 7.65. The zero-order valence-electron chi connectivity index (χ0n) is 18.0. The summed E-state index contributed by atoms with van der Waals surface area (Å²) in [7, 11) is 3.19. The number of ketones is 1. The number of carboxylic acid groups (broad SMARTS) is 1. The van der Waals surface area contributed by atoms with Crippen LogP contribution in [0.3, 0.4) is 0 Å². The summed E-state index contributed by atoms with van der Waals surface area (Å²) in [6.45, 7) is 4.04. The molecule has 0 unspecified atom stereocenters. The molecule has 4 rings (SSSR count). The first-order chi connectivity index (χ1) is 14.7. The molecule has 7 heteroatoms. The third-order valence-electron chi connectivity index (χ3n) is 5.82. The summed E-state index contributed by atoms with van der Waals surface area (Å²) in [5.74, 6) is -0.102. The molecule has 1 heterocycles. The molecule has 162 valence electrons. The highest BCUT2D eigenvalue weighted by Crippen LogP contribution is 2.47. The Kier molecular flexibility index (Phi) is 5.13. The first-order valence-electron chi connectivity index (χ1n) is 10.1. The molecule has 1 aliphatic heterocycles. The van der Waals surface area contributed by atoms with Gasteiger partial charge in [-0.15, -0.1) is 0 Å². The largest absolute Gasteiger partial charge is 0.497 e. The number of nitrogens with one attached hydrogen (secondary N) is 2. The fourth-order valence-corrected chi connectivity index (χ4v) is 4.43. The van der Waals surface area contributed by atoms with E-state index in [0.29, 0.717) is 29.3 Å². The molecule has 0 spiro atoms. The number of benzene rings is 2. The van der Waals surface area contributed by atoms with Gasteiger partial charge in [0.25, 0.3) is 0 Å². The van der Waals surface area contributed by atoms with Crippen LogP contribution in [0.5, 0.6) is 11.5 Å². The second-order valence-electron chi connectivity index (χ2n) is 8.63. The quantitative estimate of drug-likeness (QED) is 0.668. The van der Waals surface area contributed by atoms with E-state index in [4.69, 9.17) is 9.47 Å². The summed E-state index contributed by atoms with van der Waals surface area (Å²) < 4.78 is 11.0. The molecule has 0 saturated carbocycles. The number of anilines is 2. The SMILES string of the molecule is COc1ccc(OC)c([C@H]2Nc3ccc(C(=O)O)cc3NC3=CC(C)(C)CC(=O)[C@@H]32)c1. The molecular weight excluding hydrogens is 396 g/mol. The number of carboxylic acids is 1. The minimum atomic E-state index is -1.01. The van der Waals surface area contributed by atoms with Crippen LogP contribution in [0.4, 0.5) is 11.4 Å². The maximum Gasteiger partial charge on any atom is 0.335 e. The number of aromatic carboxylic acids is 1. The molecule has 0 fully saturated rings. The van der Waals surface area contributed by atoms with Gasteiger partial charge in [0.1, 0.15) is 17.3 Å². The minimum absolute atomic E-state index is 0.101. The first-order valence-corrected chi connectivity index (χ1v) is 10.1. The Morgan fingerprint density at radius 1 is 1.10 bits per heavy atom. The Labute approximate surface area is 181 Å². The maximum atomic E-state index is 13.4. The summed E-state index contributed by atoms with van der Waals surface area (Å²) in [6.07, 6.45) is 2.48. The lowest BCUT2D eigenvalue weighted by molar-refractivity contribution is -0.124. The number of hydrogen-bond acceptors (Lipinski definition) is 6. The van der Waals surface area contributed by atoms with Crippen LogP contribution >= 0.6 is 0 Å². The van der Waals surface area contributed by atoms with E-state index in [9.17, 15) is 14.7 Å². The van der Waals surface area contributed by atoms with Gasteiger partial charge in [0, 0.05) is 17.7 Å². The number of carbonyl (C=O) groups is 2. The number of allylic oxidation sites excluding steroid dienone is 1. The van der Waals surface area contributed by atoms with Crippen LogP contribution in [0.1, 0.15) is 42.2 Å². The molecule has 1 aliphatic carbocycles. The van der Waals surface area contributed by atoms with E-state index in [1.54, 1.807) is 32.4 Å². The van der Waals surface area contributed by atoms with E-state index in [1.165, 1.54) is 0 Å². The molecule has 0 amide bonds. The van der Waals surface area contributed by atoms with Gasteiger partial charge in [-0.3, -0.25) is 4.79 Å². The van der Waals surface area contributed by atoms with Crippen LogP contribution in [-0.4, -0.2) is 31.1 Å². The normalized spacial score (nSPS) is 21.4. The van der Waals surface area contributed by atoms with E-state index in [-0.39, 0.29) is 16.8 Å². The molecule has 0 aromatic heterocycles. The summed E-state index contributed by atoms with van der Waals surface area (Å²) in [5.41, 5.74) is 2.73. The number of Topliss-reactive ketones (excluding diaryl/α,β-unsaturated/α-hetero) is 1. The average molecular weight is 422 g/mol. The van der Waals surface area contributed by atoms with E-state index in [1.807, 2.05) is 32.0 Å². The van der Waals surface area contributed by atoms with Gasteiger partial charge in [-0.1, -0.05) is 19.9 Å². The highest BCUT2D eigenvalue weighted by Gasteiger charge is 2.42.